The monoisotopic (exact) mass is 306 g/mol. The molecule has 0 aliphatic carbocycles. The molecule has 23 heavy (non-hydrogen) atoms. The molecule has 5 heteroatoms. The SMILES string of the molecule is N#CC1=C(NC(=O)c2cccc(Oc3ccccc3)c2)OCC1. The summed E-state index contributed by atoms with van der Waals surface area (Å²) in [4.78, 5) is 12.3. The highest BCUT2D eigenvalue weighted by atomic mass is 16.5. The van der Waals surface area contributed by atoms with E-state index in [2.05, 4.69) is 5.32 Å². The quantitative estimate of drug-likeness (QED) is 0.940. The number of nitrogens with one attached hydrogen (secondary N) is 1. The first kappa shape index (κ1) is 14.7. The molecule has 0 saturated carbocycles. The third-order valence-corrected chi connectivity index (χ3v) is 3.31. The van der Waals surface area contributed by atoms with E-state index < -0.39 is 0 Å². The number of nitrogens with zero attached hydrogens (tertiary/aromatic N) is 1. The van der Waals surface area contributed by atoms with Gasteiger partial charge in [-0.05, 0) is 30.3 Å². The van der Waals surface area contributed by atoms with Crippen molar-refractivity contribution in [1.29, 1.82) is 5.26 Å². The molecule has 3 rings (SSSR count). The van der Waals surface area contributed by atoms with E-state index in [1.165, 1.54) is 0 Å². The molecule has 0 atom stereocenters. The van der Waals surface area contributed by atoms with Gasteiger partial charge in [-0.3, -0.25) is 10.1 Å². The lowest BCUT2D eigenvalue weighted by molar-refractivity contribution is 0.0930. The standard InChI is InChI=1S/C18H14N2O3/c19-12-14-9-10-22-18(14)20-17(21)13-5-4-8-16(11-13)23-15-6-2-1-3-7-15/h1-8,11H,9-10H2,(H,20,21). The second-order valence-electron chi connectivity index (χ2n) is 4.92. The molecule has 2 aromatic carbocycles. The van der Waals surface area contributed by atoms with Crippen LogP contribution in [0.15, 0.2) is 66.1 Å². The van der Waals surface area contributed by atoms with Crippen molar-refractivity contribution in [3.8, 4) is 17.6 Å². The number of ether oxygens (including phenoxy) is 2. The van der Waals surface area contributed by atoms with Gasteiger partial charge in [0, 0.05) is 12.0 Å². The largest absolute Gasteiger partial charge is 0.478 e. The summed E-state index contributed by atoms with van der Waals surface area (Å²) in [5, 5.41) is 11.6. The lowest BCUT2D eigenvalue weighted by Crippen LogP contribution is -2.23. The number of para-hydroxylation sites is 1. The predicted octanol–water partition coefficient (Wildman–Crippen LogP) is 3.36. The molecule has 114 valence electrons. The number of rotatable bonds is 4. The average Bonchev–Trinajstić information content (AvgIpc) is 3.03. The van der Waals surface area contributed by atoms with Crippen LogP contribution in [0.25, 0.3) is 0 Å². The molecule has 0 fully saturated rings. The maximum atomic E-state index is 12.3. The van der Waals surface area contributed by atoms with Crippen LogP contribution in [-0.4, -0.2) is 12.5 Å². The van der Waals surface area contributed by atoms with E-state index in [0.29, 0.717) is 35.7 Å². The van der Waals surface area contributed by atoms with Gasteiger partial charge in [0.05, 0.1) is 12.2 Å². The smallest absolute Gasteiger partial charge is 0.258 e. The van der Waals surface area contributed by atoms with Crippen molar-refractivity contribution in [2.75, 3.05) is 6.61 Å². The minimum Gasteiger partial charge on any atom is -0.478 e. The fourth-order valence-corrected chi connectivity index (χ4v) is 2.17. The minimum atomic E-state index is -0.340. The molecule has 1 heterocycles. The first-order valence-corrected chi connectivity index (χ1v) is 7.16. The molecule has 1 aliphatic heterocycles. The van der Waals surface area contributed by atoms with Gasteiger partial charge in [0.25, 0.3) is 5.91 Å². The lowest BCUT2D eigenvalue weighted by atomic mass is 10.2. The van der Waals surface area contributed by atoms with Crippen LogP contribution in [0.5, 0.6) is 11.5 Å². The Hall–Kier alpha value is -3.26. The summed E-state index contributed by atoms with van der Waals surface area (Å²) >= 11 is 0. The van der Waals surface area contributed by atoms with Gasteiger partial charge < -0.3 is 9.47 Å². The van der Waals surface area contributed by atoms with Crippen LogP contribution in [0.2, 0.25) is 0 Å². The Morgan fingerprint density at radius 3 is 2.70 bits per heavy atom. The summed E-state index contributed by atoms with van der Waals surface area (Å²) in [6.45, 7) is 0.412. The van der Waals surface area contributed by atoms with Crippen LogP contribution in [0.1, 0.15) is 16.8 Å². The molecule has 0 saturated heterocycles. The van der Waals surface area contributed by atoms with Crippen LogP contribution < -0.4 is 10.1 Å². The van der Waals surface area contributed by atoms with Crippen LogP contribution in [-0.2, 0) is 4.74 Å². The van der Waals surface area contributed by atoms with Crippen molar-refractivity contribution in [1.82, 2.24) is 5.32 Å². The molecule has 1 amide bonds. The normalized spacial score (nSPS) is 13.2. The summed E-state index contributed by atoms with van der Waals surface area (Å²) in [5.41, 5.74) is 0.883. The molecular weight excluding hydrogens is 292 g/mol. The van der Waals surface area contributed by atoms with Gasteiger partial charge in [0.15, 0.2) is 0 Å². The van der Waals surface area contributed by atoms with Crippen molar-refractivity contribution in [3.05, 3.63) is 71.6 Å². The fraction of sp³-hybridized carbons (Fsp3) is 0.111. The highest BCUT2D eigenvalue weighted by Gasteiger charge is 2.19. The van der Waals surface area contributed by atoms with E-state index in [9.17, 15) is 4.79 Å². The number of hydrogen-bond acceptors (Lipinski definition) is 4. The summed E-state index contributed by atoms with van der Waals surface area (Å²) in [5.74, 6) is 1.16. The van der Waals surface area contributed by atoms with E-state index in [-0.39, 0.29) is 11.8 Å². The second-order valence-corrected chi connectivity index (χ2v) is 4.92. The number of carbonyl (C=O) groups excluding carboxylic acids is 1. The number of amides is 1. The van der Waals surface area contributed by atoms with Crippen molar-refractivity contribution in [3.63, 3.8) is 0 Å². The maximum absolute atomic E-state index is 12.3. The fourth-order valence-electron chi connectivity index (χ4n) is 2.17. The third-order valence-electron chi connectivity index (χ3n) is 3.31. The van der Waals surface area contributed by atoms with Gasteiger partial charge in [-0.15, -0.1) is 0 Å². The van der Waals surface area contributed by atoms with E-state index in [1.54, 1.807) is 24.3 Å². The number of nitriles is 1. The molecule has 0 unspecified atom stereocenters. The van der Waals surface area contributed by atoms with Gasteiger partial charge in [-0.1, -0.05) is 24.3 Å². The molecule has 1 N–H and O–H groups in total. The Morgan fingerprint density at radius 1 is 1.13 bits per heavy atom. The second kappa shape index (κ2) is 6.67. The molecule has 5 nitrogen and oxygen atoms in total. The highest BCUT2D eigenvalue weighted by molar-refractivity contribution is 5.95. The summed E-state index contributed by atoms with van der Waals surface area (Å²) in [6.07, 6.45) is 0.517. The Balaban J connectivity index is 1.75. The van der Waals surface area contributed by atoms with E-state index in [0.717, 1.165) is 0 Å². The third kappa shape index (κ3) is 3.50. The predicted molar refractivity (Wildman–Crippen MR) is 83.6 cm³/mol. The molecule has 0 bridgehead atoms. The Labute approximate surface area is 133 Å². The minimum absolute atomic E-state index is 0.242. The zero-order chi connectivity index (χ0) is 16.1. The van der Waals surface area contributed by atoms with Crippen molar-refractivity contribution in [2.24, 2.45) is 0 Å². The Morgan fingerprint density at radius 2 is 1.91 bits per heavy atom. The molecule has 0 spiro atoms. The summed E-state index contributed by atoms with van der Waals surface area (Å²) < 4.78 is 11.0. The molecule has 0 aromatic heterocycles. The topological polar surface area (TPSA) is 71.4 Å². The van der Waals surface area contributed by atoms with Gasteiger partial charge in [0.1, 0.15) is 17.6 Å². The van der Waals surface area contributed by atoms with Crippen LogP contribution in [0.3, 0.4) is 0 Å². The van der Waals surface area contributed by atoms with Crippen molar-refractivity contribution in [2.45, 2.75) is 6.42 Å². The Kier molecular flexibility index (Phi) is 4.25. The highest BCUT2D eigenvalue weighted by Crippen LogP contribution is 2.22. The van der Waals surface area contributed by atoms with Crippen molar-refractivity contribution >= 4 is 5.91 Å². The molecule has 0 radical (unpaired) electrons. The van der Waals surface area contributed by atoms with Crippen LogP contribution >= 0.6 is 0 Å². The first-order chi connectivity index (χ1) is 11.3. The number of carbonyl (C=O) groups is 1. The first-order valence-electron chi connectivity index (χ1n) is 7.16. The van der Waals surface area contributed by atoms with Crippen molar-refractivity contribution < 1.29 is 14.3 Å². The van der Waals surface area contributed by atoms with Gasteiger partial charge >= 0.3 is 0 Å². The molecular formula is C18H14N2O3. The molecule has 1 aliphatic rings. The van der Waals surface area contributed by atoms with Gasteiger partial charge in [0.2, 0.25) is 5.88 Å². The summed E-state index contributed by atoms with van der Waals surface area (Å²) in [6, 6.07) is 18.2. The van der Waals surface area contributed by atoms with Gasteiger partial charge in [-0.25, -0.2) is 0 Å². The average molecular weight is 306 g/mol. The molecule has 2 aromatic rings. The zero-order valence-corrected chi connectivity index (χ0v) is 12.3. The van der Waals surface area contributed by atoms with E-state index in [1.807, 2.05) is 36.4 Å². The lowest BCUT2D eigenvalue weighted by Gasteiger charge is -2.09. The summed E-state index contributed by atoms with van der Waals surface area (Å²) in [7, 11) is 0. The Bertz CT molecular complexity index is 791. The number of hydrogen-bond donors (Lipinski definition) is 1. The van der Waals surface area contributed by atoms with Crippen LogP contribution in [0, 0.1) is 11.3 Å². The van der Waals surface area contributed by atoms with E-state index in [4.69, 9.17) is 14.7 Å². The van der Waals surface area contributed by atoms with E-state index >= 15 is 0 Å². The number of benzene rings is 2. The maximum Gasteiger partial charge on any atom is 0.258 e. The van der Waals surface area contributed by atoms with Gasteiger partial charge in [-0.2, -0.15) is 5.26 Å². The van der Waals surface area contributed by atoms with Crippen LogP contribution in [0.4, 0.5) is 0 Å². The zero-order valence-electron chi connectivity index (χ0n) is 12.3.